The molecule has 0 aromatic carbocycles. The summed E-state index contributed by atoms with van der Waals surface area (Å²) in [6.07, 6.45) is -13.1. The van der Waals surface area contributed by atoms with Gasteiger partial charge in [-0.15, -0.1) is 10.2 Å². The molecule has 1 unspecified atom stereocenters. The van der Waals surface area contributed by atoms with Crippen LogP contribution in [-0.2, 0) is 9.59 Å². The Balaban J connectivity index is 0.000000497. The van der Waals surface area contributed by atoms with E-state index in [1.165, 1.54) is 12.3 Å². The van der Waals surface area contributed by atoms with Crippen LogP contribution in [0, 0.1) is 0 Å². The molecule has 3 heterocycles. The van der Waals surface area contributed by atoms with Gasteiger partial charge in [0.05, 0.1) is 11.6 Å². The van der Waals surface area contributed by atoms with Gasteiger partial charge in [-0.3, -0.25) is 14.1 Å². The Morgan fingerprint density at radius 2 is 1.46 bits per heavy atom. The van der Waals surface area contributed by atoms with Crippen LogP contribution in [0.25, 0.3) is 5.65 Å². The Kier molecular flexibility index (Phi) is 11.9. The number of piperazine rings is 1. The number of nitrogens with zero attached hydrogens (tertiary/aromatic N) is 5. The minimum atomic E-state index is -5.08. The largest absolute Gasteiger partial charge is 0.490 e. The van der Waals surface area contributed by atoms with E-state index in [2.05, 4.69) is 33.8 Å². The van der Waals surface area contributed by atoms with Gasteiger partial charge in [0.1, 0.15) is 6.54 Å². The topological polar surface area (TPSA) is 140 Å². The number of likely N-dealkylation sites (N-methyl/N-ethyl adjacent to an activating group) is 1. The number of nitrogens with one attached hydrogen (secondary N) is 1. The predicted octanol–water partition coefficient (Wildman–Crippen LogP) is 2.98. The van der Waals surface area contributed by atoms with E-state index in [9.17, 15) is 44.3 Å². The fraction of sp³-hybridized carbons (Fsp3) is 0.571. The Labute approximate surface area is 225 Å². The lowest BCUT2D eigenvalue weighted by atomic mass is 10.1. The van der Waals surface area contributed by atoms with E-state index in [4.69, 9.17) is 19.8 Å². The number of rotatable bonds is 4. The van der Waals surface area contributed by atoms with Crippen molar-refractivity contribution >= 4 is 23.5 Å². The van der Waals surface area contributed by atoms with Crippen LogP contribution in [0.15, 0.2) is 18.3 Å². The molecule has 11 nitrogen and oxygen atoms in total. The van der Waals surface area contributed by atoms with Crippen LogP contribution in [-0.4, -0.2) is 110 Å². The molecule has 0 spiro atoms. The Morgan fingerprint density at radius 1 is 0.951 bits per heavy atom. The van der Waals surface area contributed by atoms with Crippen molar-refractivity contribution in [2.24, 2.45) is 0 Å². The normalized spacial score (nSPS) is 16.9. The minimum absolute atomic E-state index is 0.0211. The van der Waals surface area contributed by atoms with Gasteiger partial charge in [-0.2, -0.15) is 39.5 Å². The number of aromatic nitrogens is 3. The molecule has 2 aromatic rings. The smallest absolute Gasteiger partial charge is 0.475 e. The maximum atomic E-state index is 12.3. The highest BCUT2D eigenvalue weighted by atomic mass is 19.4. The second-order valence-electron chi connectivity index (χ2n) is 8.72. The van der Waals surface area contributed by atoms with Crippen molar-refractivity contribution in [1.29, 1.82) is 0 Å². The number of carboxylic acid groups (broad SMARTS) is 2. The van der Waals surface area contributed by atoms with E-state index in [0.29, 0.717) is 17.5 Å². The Bertz CT molecular complexity index is 1170. The van der Waals surface area contributed by atoms with Crippen molar-refractivity contribution in [1.82, 2.24) is 29.7 Å². The average molecular weight is 612 g/mol. The van der Waals surface area contributed by atoms with E-state index in [-0.39, 0.29) is 11.6 Å². The van der Waals surface area contributed by atoms with Crippen molar-refractivity contribution in [2.45, 2.75) is 44.5 Å². The fourth-order valence-electron chi connectivity index (χ4n) is 3.33. The lowest BCUT2D eigenvalue weighted by molar-refractivity contribution is -0.193. The van der Waals surface area contributed by atoms with E-state index in [0.717, 1.165) is 19.6 Å². The van der Waals surface area contributed by atoms with Crippen molar-refractivity contribution in [2.75, 3.05) is 33.2 Å². The number of fused-ring (bicyclic) bond motifs is 1. The monoisotopic (exact) mass is 612 g/mol. The lowest BCUT2D eigenvalue weighted by Crippen LogP contribution is -2.50. The summed E-state index contributed by atoms with van der Waals surface area (Å²) >= 11 is 0. The van der Waals surface area contributed by atoms with Crippen LogP contribution in [0.4, 0.5) is 39.5 Å². The minimum Gasteiger partial charge on any atom is -0.475 e. The molecule has 2 aromatic heterocycles. The molecular formula is C21H25F9N6O5. The van der Waals surface area contributed by atoms with Crippen LogP contribution in [0.2, 0.25) is 0 Å². The number of amides is 1. The number of halogens is 9. The number of carbonyl (C=O) groups is 3. The molecule has 1 amide bonds. The fourth-order valence-corrected chi connectivity index (χ4v) is 3.33. The lowest BCUT2D eigenvalue weighted by Gasteiger charge is -2.41. The standard InChI is InChI=1S/C17H23F3N6O.2C2HF3O2/c1-11(2)25-7-6-24(3)9-13(25)15-23-22-14-5-4-12(8-26(14)15)16(27)21-10-17(18,19)20;2*3-2(4,5)1(6)7/h4-5,8,11,13H,6-7,9-10H2,1-3H3,(H,21,27);2*(H,6,7). The van der Waals surface area contributed by atoms with Gasteiger partial charge in [0.2, 0.25) is 0 Å². The van der Waals surface area contributed by atoms with Gasteiger partial charge in [-0.05, 0) is 33.0 Å². The summed E-state index contributed by atoms with van der Waals surface area (Å²) in [5.41, 5.74) is 0.683. The van der Waals surface area contributed by atoms with Crippen molar-refractivity contribution < 1.29 is 64.1 Å². The molecular weight excluding hydrogens is 587 g/mol. The molecule has 1 saturated heterocycles. The zero-order chi connectivity index (χ0) is 31.9. The molecule has 0 bridgehead atoms. The maximum Gasteiger partial charge on any atom is 0.490 e. The number of pyridine rings is 1. The highest BCUT2D eigenvalue weighted by Gasteiger charge is 2.39. The highest BCUT2D eigenvalue weighted by Crippen LogP contribution is 2.26. The summed E-state index contributed by atoms with van der Waals surface area (Å²) in [5, 5.41) is 24.6. The van der Waals surface area contributed by atoms with Crippen LogP contribution >= 0.6 is 0 Å². The number of aliphatic carboxylic acids is 2. The summed E-state index contributed by atoms with van der Waals surface area (Å²) in [5.74, 6) is -5.62. The second-order valence-corrected chi connectivity index (χ2v) is 8.72. The summed E-state index contributed by atoms with van der Waals surface area (Å²) in [4.78, 5) is 34.4. The van der Waals surface area contributed by atoms with Gasteiger partial charge in [0.15, 0.2) is 11.5 Å². The SMILES string of the molecule is CC(C)N1CCN(C)CC1c1nnc2ccc(C(=O)NCC(F)(F)F)cn12.O=C(O)C(F)(F)F.O=C(O)C(F)(F)F. The molecule has 0 saturated carbocycles. The van der Waals surface area contributed by atoms with Gasteiger partial charge in [-0.1, -0.05) is 0 Å². The Morgan fingerprint density at radius 3 is 1.90 bits per heavy atom. The summed E-state index contributed by atoms with van der Waals surface area (Å²) < 4.78 is 102. The highest BCUT2D eigenvalue weighted by molar-refractivity contribution is 5.94. The van der Waals surface area contributed by atoms with Crippen LogP contribution in [0.1, 0.15) is 36.1 Å². The molecule has 0 radical (unpaired) electrons. The summed E-state index contributed by atoms with van der Waals surface area (Å²) in [7, 11) is 2.03. The average Bonchev–Trinajstić information content (AvgIpc) is 3.24. The number of hydrogen-bond acceptors (Lipinski definition) is 7. The molecule has 3 N–H and O–H groups in total. The van der Waals surface area contributed by atoms with Crippen molar-refractivity contribution in [3.8, 4) is 0 Å². The number of hydrogen-bond donors (Lipinski definition) is 3. The third-order valence-electron chi connectivity index (χ3n) is 5.21. The van der Waals surface area contributed by atoms with Gasteiger partial charge in [-0.25, -0.2) is 9.59 Å². The van der Waals surface area contributed by atoms with Crippen LogP contribution in [0.3, 0.4) is 0 Å². The van der Waals surface area contributed by atoms with E-state index in [1.54, 1.807) is 10.5 Å². The first-order chi connectivity index (χ1) is 18.5. The summed E-state index contributed by atoms with van der Waals surface area (Å²) in [6.45, 7) is 5.42. The van der Waals surface area contributed by atoms with E-state index in [1.807, 2.05) is 12.4 Å². The van der Waals surface area contributed by atoms with Gasteiger partial charge in [0.25, 0.3) is 5.91 Å². The van der Waals surface area contributed by atoms with Gasteiger partial charge < -0.3 is 20.4 Å². The molecule has 1 aliphatic rings. The van der Waals surface area contributed by atoms with Gasteiger partial charge >= 0.3 is 30.5 Å². The first kappa shape index (κ1) is 35.3. The predicted molar refractivity (Wildman–Crippen MR) is 121 cm³/mol. The molecule has 41 heavy (non-hydrogen) atoms. The van der Waals surface area contributed by atoms with Crippen molar-refractivity contribution in [3.05, 3.63) is 29.7 Å². The summed E-state index contributed by atoms with van der Waals surface area (Å²) in [6, 6.07) is 3.32. The van der Waals surface area contributed by atoms with E-state index >= 15 is 0 Å². The van der Waals surface area contributed by atoms with E-state index < -0.39 is 42.9 Å². The van der Waals surface area contributed by atoms with Crippen LogP contribution in [0.5, 0.6) is 0 Å². The zero-order valence-electron chi connectivity index (χ0n) is 21.5. The first-order valence-electron chi connectivity index (χ1n) is 11.3. The Hall–Kier alpha value is -3.68. The third kappa shape index (κ3) is 11.4. The molecule has 1 aliphatic heterocycles. The zero-order valence-corrected chi connectivity index (χ0v) is 21.5. The molecule has 20 heteroatoms. The van der Waals surface area contributed by atoms with Gasteiger partial charge in [0, 0.05) is 31.9 Å². The molecule has 1 fully saturated rings. The molecule has 3 rings (SSSR count). The second kappa shape index (κ2) is 13.8. The number of alkyl halides is 9. The maximum absolute atomic E-state index is 12.3. The number of carboxylic acids is 2. The molecule has 1 atom stereocenters. The first-order valence-corrected chi connectivity index (χ1v) is 11.3. The molecule has 232 valence electrons. The number of carbonyl (C=O) groups excluding carboxylic acids is 1. The quantitative estimate of drug-likeness (QED) is 0.445. The third-order valence-corrected chi connectivity index (χ3v) is 5.21. The van der Waals surface area contributed by atoms with Crippen LogP contribution < -0.4 is 5.32 Å². The molecule has 0 aliphatic carbocycles. The van der Waals surface area contributed by atoms with Crippen molar-refractivity contribution in [3.63, 3.8) is 0 Å².